The Morgan fingerprint density at radius 2 is 1.62 bits per heavy atom. The maximum atomic E-state index is 13.0. The summed E-state index contributed by atoms with van der Waals surface area (Å²) in [6, 6.07) is 12.4. The Morgan fingerprint density at radius 3 is 2.31 bits per heavy atom. The minimum Gasteiger partial charge on any atom is -0.345 e. The first-order valence-electron chi connectivity index (χ1n) is 10.6. The molecule has 2 fully saturated rings. The number of carbonyl (C=O) groups excluding carboxylic acids is 1. The molecule has 1 aromatic heterocycles. The van der Waals surface area contributed by atoms with Crippen LogP contribution in [0, 0.1) is 0 Å². The Labute approximate surface area is 199 Å². The second kappa shape index (κ2) is 8.74. The number of anilines is 1. The van der Waals surface area contributed by atoms with Gasteiger partial charge in [0.1, 0.15) is 0 Å². The summed E-state index contributed by atoms with van der Waals surface area (Å²) < 4.78 is 29.1. The smallest absolute Gasteiger partial charge is 0.253 e. The van der Waals surface area contributed by atoms with Crippen LogP contribution in [0.5, 0.6) is 0 Å². The molecule has 2 saturated heterocycles. The van der Waals surface area contributed by atoms with Crippen LogP contribution in [0.3, 0.4) is 0 Å². The first-order valence-corrected chi connectivity index (χ1v) is 13.7. The molecule has 0 N–H and O–H groups in total. The van der Waals surface area contributed by atoms with E-state index in [9.17, 15) is 13.2 Å². The molecular formula is C22H23BrN4O3S2. The van der Waals surface area contributed by atoms with Crippen molar-refractivity contribution in [1.82, 2.24) is 14.2 Å². The number of carbonyl (C=O) groups is 1. The van der Waals surface area contributed by atoms with Gasteiger partial charge in [0.25, 0.3) is 5.91 Å². The van der Waals surface area contributed by atoms with E-state index in [1.165, 1.54) is 4.31 Å². The lowest BCUT2D eigenvalue weighted by Gasteiger charge is -2.34. The molecule has 10 heteroatoms. The van der Waals surface area contributed by atoms with Gasteiger partial charge in [-0.2, -0.15) is 4.31 Å². The van der Waals surface area contributed by atoms with Crippen molar-refractivity contribution in [3.05, 3.63) is 52.5 Å². The second-order valence-corrected chi connectivity index (χ2v) is 11.9. The molecule has 32 heavy (non-hydrogen) atoms. The van der Waals surface area contributed by atoms with Crippen molar-refractivity contribution < 1.29 is 13.2 Å². The normalized spacial score (nSPS) is 17.9. The molecule has 0 atom stereocenters. The van der Waals surface area contributed by atoms with E-state index < -0.39 is 10.0 Å². The molecule has 5 rings (SSSR count). The Balaban J connectivity index is 1.24. The van der Waals surface area contributed by atoms with Crippen molar-refractivity contribution in [3.8, 4) is 0 Å². The van der Waals surface area contributed by atoms with Gasteiger partial charge < -0.3 is 9.80 Å². The number of hydrogen-bond donors (Lipinski definition) is 0. The van der Waals surface area contributed by atoms with Crippen LogP contribution < -0.4 is 4.90 Å². The van der Waals surface area contributed by atoms with Crippen LogP contribution in [0.4, 0.5) is 5.13 Å². The van der Waals surface area contributed by atoms with Gasteiger partial charge in [-0.1, -0.05) is 27.3 Å². The molecule has 0 bridgehead atoms. The number of hydrogen-bond acceptors (Lipinski definition) is 6. The molecule has 2 aromatic carbocycles. The third-order valence-electron chi connectivity index (χ3n) is 5.98. The fourth-order valence-electron chi connectivity index (χ4n) is 4.15. The maximum Gasteiger partial charge on any atom is 0.253 e. The van der Waals surface area contributed by atoms with Crippen molar-refractivity contribution >= 4 is 58.5 Å². The summed E-state index contributed by atoms with van der Waals surface area (Å²) in [5.74, 6) is -0.0667. The highest BCUT2D eigenvalue weighted by Gasteiger charge is 2.28. The number of thiazole rings is 1. The van der Waals surface area contributed by atoms with Crippen molar-refractivity contribution in [2.24, 2.45) is 0 Å². The molecule has 7 nitrogen and oxygen atoms in total. The molecule has 0 aliphatic carbocycles. The molecule has 0 spiro atoms. The SMILES string of the molecule is O=C(c1ccc(S(=O)(=O)N2CCCC2)cc1)N1CCN(c2nc3ccc(Br)cc3s2)CC1. The summed E-state index contributed by atoms with van der Waals surface area (Å²) in [7, 11) is -3.46. The predicted molar refractivity (Wildman–Crippen MR) is 130 cm³/mol. The zero-order valence-electron chi connectivity index (χ0n) is 17.4. The maximum absolute atomic E-state index is 13.0. The van der Waals surface area contributed by atoms with Crippen LogP contribution in [0.15, 0.2) is 51.8 Å². The average Bonchev–Trinajstić information content (AvgIpc) is 3.49. The first-order chi connectivity index (χ1) is 15.4. The van der Waals surface area contributed by atoms with E-state index in [0.29, 0.717) is 44.8 Å². The predicted octanol–water partition coefficient (Wildman–Crippen LogP) is 3.81. The second-order valence-electron chi connectivity index (χ2n) is 8.02. The van der Waals surface area contributed by atoms with Gasteiger partial charge in [-0.15, -0.1) is 0 Å². The highest BCUT2D eigenvalue weighted by Crippen LogP contribution is 2.31. The van der Waals surface area contributed by atoms with Gasteiger partial charge in [0.2, 0.25) is 10.0 Å². The lowest BCUT2D eigenvalue weighted by molar-refractivity contribution is 0.0746. The monoisotopic (exact) mass is 534 g/mol. The fraction of sp³-hybridized carbons (Fsp3) is 0.364. The molecule has 2 aliphatic heterocycles. The number of fused-ring (bicyclic) bond motifs is 1. The highest BCUT2D eigenvalue weighted by molar-refractivity contribution is 9.10. The molecule has 3 heterocycles. The highest BCUT2D eigenvalue weighted by atomic mass is 79.9. The zero-order chi connectivity index (χ0) is 22.3. The van der Waals surface area contributed by atoms with E-state index in [4.69, 9.17) is 4.98 Å². The van der Waals surface area contributed by atoms with Crippen molar-refractivity contribution in [3.63, 3.8) is 0 Å². The van der Waals surface area contributed by atoms with Gasteiger partial charge in [0, 0.05) is 49.3 Å². The van der Waals surface area contributed by atoms with E-state index >= 15 is 0 Å². The molecule has 0 radical (unpaired) electrons. The van der Waals surface area contributed by atoms with E-state index in [0.717, 1.165) is 32.7 Å². The van der Waals surface area contributed by atoms with Crippen LogP contribution in [-0.2, 0) is 10.0 Å². The number of sulfonamides is 1. The van der Waals surface area contributed by atoms with Gasteiger partial charge in [0.05, 0.1) is 15.1 Å². The van der Waals surface area contributed by atoms with Gasteiger partial charge in [-0.25, -0.2) is 13.4 Å². The molecule has 3 aromatic rings. The van der Waals surface area contributed by atoms with Crippen LogP contribution in [-0.4, -0.2) is 67.8 Å². The quantitative estimate of drug-likeness (QED) is 0.508. The van der Waals surface area contributed by atoms with Gasteiger partial charge in [0.15, 0.2) is 5.13 Å². The summed E-state index contributed by atoms with van der Waals surface area (Å²) in [4.78, 5) is 22.0. The number of rotatable bonds is 4. The lowest BCUT2D eigenvalue weighted by atomic mass is 10.2. The largest absolute Gasteiger partial charge is 0.345 e. The molecule has 1 amide bonds. The van der Waals surface area contributed by atoms with Gasteiger partial charge in [-0.05, 0) is 55.3 Å². The number of nitrogens with zero attached hydrogens (tertiary/aromatic N) is 4. The van der Waals surface area contributed by atoms with Crippen molar-refractivity contribution in [1.29, 1.82) is 0 Å². The van der Waals surface area contributed by atoms with Crippen LogP contribution in [0.25, 0.3) is 10.2 Å². The summed E-state index contributed by atoms with van der Waals surface area (Å²) in [5, 5.41) is 0.974. The Hall–Kier alpha value is -2.01. The standard InChI is InChI=1S/C22H23BrN4O3S2/c23-17-5-8-19-20(15-17)31-22(24-19)26-13-11-25(12-14-26)21(28)16-3-6-18(7-4-16)32(29,30)27-9-1-2-10-27/h3-8,15H,1-2,9-14H2. The minimum absolute atomic E-state index is 0.0667. The Kier molecular flexibility index (Phi) is 5.96. The summed E-state index contributed by atoms with van der Waals surface area (Å²) in [6.45, 7) is 3.78. The zero-order valence-corrected chi connectivity index (χ0v) is 20.6. The molecule has 0 saturated carbocycles. The summed E-state index contributed by atoms with van der Waals surface area (Å²) in [6.07, 6.45) is 1.80. The third-order valence-corrected chi connectivity index (χ3v) is 9.47. The Morgan fingerprint density at radius 1 is 0.938 bits per heavy atom. The van der Waals surface area contributed by atoms with E-state index in [1.54, 1.807) is 35.6 Å². The average molecular weight is 535 g/mol. The number of aromatic nitrogens is 1. The summed E-state index contributed by atoms with van der Waals surface area (Å²) in [5.41, 5.74) is 1.50. The van der Waals surface area contributed by atoms with Crippen LogP contribution in [0.2, 0.25) is 0 Å². The van der Waals surface area contributed by atoms with E-state index in [2.05, 4.69) is 26.9 Å². The molecule has 2 aliphatic rings. The molecule has 168 valence electrons. The Bertz CT molecular complexity index is 1250. The molecular weight excluding hydrogens is 512 g/mol. The number of halogens is 1. The summed E-state index contributed by atoms with van der Waals surface area (Å²) >= 11 is 5.16. The van der Waals surface area contributed by atoms with Crippen molar-refractivity contribution in [2.75, 3.05) is 44.2 Å². The van der Waals surface area contributed by atoms with Gasteiger partial charge in [-0.3, -0.25) is 4.79 Å². The van der Waals surface area contributed by atoms with Crippen LogP contribution in [0.1, 0.15) is 23.2 Å². The first kappa shape index (κ1) is 21.8. The fourth-order valence-corrected chi connectivity index (χ4v) is 7.24. The van der Waals surface area contributed by atoms with Crippen molar-refractivity contribution in [2.45, 2.75) is 17.7 Å². The number of amides is 1. The van der Waals surface area contributed by atoms with E-state index in [1.807, 2.05) is 17.0 Å². The third kappa shape index (κ3) is 4.16. The van der Waals surface area contributed by atoms with Gasteiger partial charge >= 0.3 is 0 Å². The lowest BCUT2D eigenvalue weighted by Crippen LogP contribution is -2.48. The number of piperazine rings is 1. The topological polar surface area (TPSA) is 73.8 Å². The number of benzene rings is 2. The van der Waals surface area contributed by atoms with Crippen LogP contribution >= 0.6 is 27.3 Å². The minimum atomic E-state index is -3.46. The van der Waals surface area contributed by atoms with E-state index in [-0.39, 0.29) is 10.8 Å². The molecule has 0 unspecified atom stereocenters.